The fourth-order valence-corrected chi connectivity index (χ4v) is 1.08. The lowest BCUT2D eigenvalue weighted by Crippen LogP contribution is -2.22. The molecule has 0 radical (unpaired) electrons. The van der Waals surface area contributed by atoms with E-state index in [-0.39, 0.29) is 11.9 Å². The van der Waals surface area contributed by atoms with Crippen LogP contribution in [-0.2, 0) is 0 Å². The van der Waals surface area contributed by atoms with E-state index in [2.05, 4.69) is 24.0 Å². The van der Waals surface area contributed by atoms with Gasteiger partial charge >= 0.3 is 0 Å². The minimum atomic E-state index is 0.0216. The summed E-state index contributed by atoms with van der Waals surface area (Å²) >= 11 is 0. The van der Waals surface area contributed by atoms with Gasteiger partial charge in [-0.3, -0.25) is 4.98 Å². The zero-order valence-electron chi connectivity index (χ0n) is 9.71. The van der Waals surface area contributed by atoms with Crippen molar-refractivity contribution in [3.05, 3.63) is 24.0 Å². The summed E-state index contributed by atoms with van der Waals surface area (Å²) in [6.45, 7) is 6.09. The smallest absolute Gasteiger partial charge is 0.173 e. The Morgan fingerprint density at radius 1 is 1.50 bits per heavy atom. The van der Waals surface area contributed by atoms with E-state index >= 15 is 0 Å². The quantitative estimate of drug-likeness (QED) is 0.351. The number of aromatic nitrogens is 1. The Hall–Kier alpha value is -1.78. The second-order valence-corrected chi connectivity index (χ2v) is 3.92. The number of amidine groups is 1. The first-order valence-electron chi connectivity index (χ1n) is 5.14. The zero-order chi connectivity index (χ0) is 12.1. The number of oxime groups is 1. The van der Waals surface area contributed by atoms with Gasteiger partial charge in [0.1, 0.15) is 5.75 Å². The molecule has 0 amide bonds. The molecule has 1 aromatic rings. The molecule has 3 N–H and O–H groups in total. The van der Waals surface area contributed by atoms with Crippen LogP contribution in [0.2, 0.25) is 0 Å². The van der Waals surface area contributed by atoms with Crippen molar-refractivity contribution in [2.24, 2.45) is 16.8 Å². The average Bonchev–Trinajstić information content (AvgIpc) is 2.28. The number of hydrogen-bond donors (Lipinski definition) is 2. The van der Waals surface area contributed by atoms with Gasteiger partial charge < -0.3 is 15.7 Å². The van der Waals surface area contributed by atoms with Gasteiger partial charge in [-0.2, -0.15) is 0 Å². The van der Waals surface area contributed by atoms with E-state index in [0.29, 0.717) is 17.2 Å². The number of nitrogens with zero attached hydrogens (tertiary/aromatic N) is 2. The molecule has 0 aromatic carbocycles. The predicted octanol–water partition coefficient (Wildman–Crippen LogP) is 1.60. The van der Waals surface area contributed by atoms with Crippen molar-refractivity contribution < 1.29 is 9.94 Å². The van der Waals surface area contributed by atoms with Crippen LogP contribution in [0, 0.1) is 5.92 Å². The summed E-state index contributed by atoms with van der Waals surface area (Å²) in [5, 5.41) is 11.6. The van der Waals surface area contributed by atoms with Crippen molar-refractivity contribution >= 4 is 5.84 Å². The van der Waals surface area contributed by atoms with Gasteiger partial charge in [-0.05, 0) is 18.9 Å². The molecule has 1 heterocycles. The first-order valence-corrected chi connectivity index (χ1v) is 5.14. The fraction of sp³-hybridized carbons (Fsp3) is 0.455. The van der Waals surface area contributed by atoms with Crippen LogP contribution < -0.4 is 10.5 Å². The highest BCUT2D eigenvalue weighted by atomic mass is 16.5. The largest absolute Gasteiger partial charge is 0.488 e. The van der Waals surface area contributed by atoms with Gasteiger partial charge in [0.25, 0.3) is 0 Å². The van der Waals surface area contributed by atoms with Crippen molar-refractivity contribution in [1.29, 1.82) is 0 Å². The van der Waals surface area contributed by atoms with Crippen molar-refractivity contribution in [2.45, 2.75) is 26.9 Å². The van der Waals surface area contributed by atoms with Crippen LogP contribution in [0.3, 0.4) is 0 Å². The van der Waals surface area contributed by atoms with Crippen LogP contribution in [0.5, 0.6) is 5.75 Å². The second kappa shape index (κ2) is 5.34. The molecule has 16 heavy (non-hydrogen) atoms. The Balaban J connectivity index is 2.96. The van der Waals surface area contributed by atoms with E-state index < -0.39 is 0 Å². The number of ether oxygens (including phenoxy) is 1. The highest BCUT2D eigenvalue weighted by Gasteiger charge is 2.13. The first kappa shape index (κ1) is 12.3. The monoisotopic (exact) mass is 223 g/mol. The van der Waals surface area contributed by atoms with Crippen molar-refractivity contribution in [3.63, 3.8) is 0 Å². The number of nitrogens with two attached hydrogens (primary N) is 1. The third-order valence-corrected chi connectivity index (χ3v) is 2.42. The van der Waals surface area contributed by atoms with Crippen LogP contribution >= 0.6 is 0 Å². The van der Waals surface area contributed by atoms with Gasteiger partial charge in [-0.25, -0.2) is 0 Å². The molecule has 0 fully saturated rings. The maximum absolute atomic E-state index is 8.64. The summed E-state index contributed by atoms with van der Waals surface area (Å²) in [6.07, 6.45) is 3.17. The molecule has 1 rings (SSSR count). The van der Waals surface area contributed by atoms with Gasteiger partial charge in [0, 0.05) is 6.20 Å². The third-order valence-electron chi connectivity index (χ3n) is 2.42. The Morgan fingerprint density at radius 2 is 2.19 bits per heavy atom. The van der Waals surface area contributed by atoms with Crippen LogP contribution in [-0.4, -0.2) is 22.1 Å². The molecule has 0 aliphatic rings. The molecule has 0 spiro atoms. The van der Waals surface area contributed by atoms with Crippen LogP contribution in [0.15, 0.2) is 23.6 Å². The van der Waals surface area contributed by atoms with E-state index in [4.69, 9.17) is 15.7 Å². The van der Waals surface area contributed by atoms with Crippen molar-refractivity contribution in [2.75, 3.05) is 0 Å². The second-order valence-electron chi connectivity index (χ2n) is 3.92. The molecule has 0 aliphatic carbocycles. The molecule has 0 aliphatic heterocycles. The van der Waals surface area contributed by atoms with Gasteiger partial charge in [-0.15, -0.1) is 0 Å². The Kier molecular flexibility index (Phi) is 4.10. The summed E-state index contributed by atoms with van der Waals surface area (Å²) in [5.41, 5.74) is 6.09. The maximum Gasteiger partial charge on any atom is 0.173 e. The summed E-state index contributed by atoms with van der Waals surface area (Å²) in [5.74, 6) is 0.924. The van der Waals surface area contributed by atoms with Crippen LogP contribution in [0.25, 0.3) is 0 Å². The molecule has 1 unspecified atom stereocenters. The number of pyridine rings is 1. The zero-order valence-corrected chi connectivity index (χ0v) is 9.71. The molecule has 0 saturated heterocycles. The average molecular weight is 223 g/mol. The van der Waals surface area contributed by atoms with Crippen LogP contribution in [0.4, 0.5) is 0 Å². The lowest BCUT2D eigenvalue weighted by Gasteiger charge is -2.19. The normalized spacial score (nSPS) is 13.9. The maximum atomic E-state index is 8.64. The van der Waals surface area contributed by atoms with Crippen molar-refractivity contribution in [1.82, 2.24) is 4.98 Å². The predicted molar refractivity (Wildman–Crippen MR) is 61.7 cm³/mol. The molecule has 0 bridgehead atoms. The minimum Gasteiger partial charge on any atom is -0.488 e. The molecule has 5 nitrogen and oxygen atoms in total. The Bertz CT molecular complexity index is 377. The van der Waals surface area contributed by atoms with Gasteiger partial charge in [0.2, 0.25) is 0 Å². The first-order chi connectivity index (χ1) is 7.56. The molecule has 1 aromatic heterocycles. The molecule has 88 valence electrons. The van der Waals surface area contributed by atoms with E-state index in [1.165, 1.54) is 0 Å². The lowest BCUT2D eigenvalue weighted by molar-refractivity contribution is 0.169. The van der Waals surface area contributed by atoms with E-state index in [1.54, 1.807) is 18.5 Å². The summed E-state index contributed by atoms with van der Waals surface area (Å²) < 4.78 is 5.70. The molecule has 1 atom stereocenters. The number of rotatable bonds is 4. The van der Waals surface area contributed by atoms with Gasteiger partial charge in [0.15, 0.2) is 5.84 Å². The SMILES string of the molecule is CC(C)C(C)Oc1cnccc1/C(N)=N/O. The standard InChI is InChI=1S/C11H17N3O2/c1-7(2)8(3)16-10-6-13-5-4-9(10)11(12)14-15/h4-8,15H,1-3H3,(H2,12,14). The minimum absolute atomic E-state index is 0.0216. The Labute approximate surface area is 94.9 Å². The molecule has 0 saturated carbocycles. The van der Waals surface area contributed by atoms with Gasteiger partial charge in [-0.1, -0.05) is 19.0 Å². The topological polar surface area (TPSA) is 80.7 Å². The molecular weight excluding hydrogens is 206 g/mol. The van der Waals surface area contributed by atoms with E-state index in [0.717, 1.165) is 0 Å². The highest BCUT2D eigenvalue weighted by Crippen LogP contribution is 2.19. The summed E-state index contributed by atoms with van der Waals surface area (Å²) in [6, 6.07) is 1.65. The summed E-state index contributed by atoms with van der Waals surface area (Å²) in [4.78, 5) is 3.96. The van der Waals surface area contributed by atoms with E-state index in [1.807, 2.05) is 6.92 Å². The lowest BCUT2D eigenvalue weighted by atomic mass is 10.1. The van der Waals surface area contributed by atoms with Crippen LogP contribution in [0.1, 0.15) is 26.3 Å². The number of hydrogen-bond acceptors (Lipinski definition) is 4. The third kappa shape index (κ3) is 2.85. The summed E-state index contributed by atoms with van der Waals surface area (Å²) in [7, 11) is 0. The molecular formula is C11H17N3O2. The fourth-order valence-electron chi connectivity index (χ4n) is 1.08. The van der Waals surface area contributed by atoms with Crippen molar-refractivity contribution in [3.8, 4) is 5.75 Å². The highest BCUT2D eigenvalue weighted by molar-refractivity contribution is 5.99. The molecule has 5 heteroatoms. The van der Waals surface area contributed by atoms with Gasteiger partial charge in [0.05, 0.1) is 17.9 Å². The Morgan fingerprint density at radius 3 is 2.75 bits per heavy atom. The van der Waals surface area contributed by atoms with E-state index in [9.17, 15) is 0 Å².